The summed E-state index contributed by atoms with van der Waals surface area (Å²) in [7, 11) is 6.06. The van der Waals surface area contributed by atoms with Crippen molar-refractivity contribution in [3.8, 4) is 0 Å². The van der Waals surface area contributed by atoms with E-state index in [4.69, 9.17) is 4.98 Å². The minimum absolute atomic E-state index is 0.0721. The Morgan fingerprint density at radius 3 is 2.52 bits per heavy atom. The van der Waals surface area contributed by atoms with Gasteiger partial charge in [0.05, 0.1) is 17.1 Å². The average Bonchev–Trinajstić information content (AvgIpc) is 3.04. The van der Waals surface area contributed by atoms with Gasteiger partial charge < -0.3 is 24.8 Å². The standard InChI is InChI=1S/C22H33N5O2/c1-25-12-10-17(11-13-25)26(2)21(29)15-4-9-20-19(14-15)24-22(27(20)3)23-16-5-7-18(28)8-6-16/h4,9,14,16-18,28H,5-8,10-13H2,1-3H3,(H,23,24). The zero-order valence-corrected chi connectivity index (χ0v) is 17.8. The van der Waals surface area contributed by atoms with Crippen LogP contribution in [0, 0.1) is 0 Å². The molecule has 2 aliphatic rings. The molecule has 0 bridgehead atoms. The van der Waals surface area contributed by atoms with Crippen molar-refractivity contribution >= 4 is 22.9 Å². The minimum Gasteiger partial charge on any atom is -0.393 e. The number of aliphatic hydroxyl groups excluding tert-OH is 1. The van der Waals surface area contributed by atoms with E-state index in [1.54, 1.807) is 0 Å². The number of rotatable bonds is 4. The van der Waals surface area contributed by atoms with E-state index in [0.717, 1.165) is 68.6 Å². The summed E-state index contributed by atoms with van der Waals surface area (Å²) in [5.74, 6) is 0.901. The number of likely N-dealkylation sites (tertiary alicyclic amines) is 1. The van der Waals surface area contributed by atoms with Gasteiger partial charge in [-0.05, 0) is 76.9 Å². The van der Waals surface area contributed by atoms with E-state index < -0.39 is 0 Å². The fourth-order valence-corrected chi connectivity index (χ4v) is 4.62. The zero-order chi connectivity index (χ0) is 20.5. The van der Waals surface area contributed by atoms with Gasteiger partial charge in [0, 0.05) is 31.7 Å². The third-order valence-electron chi connectivity index (χ3n) is 6.71. The van der Waals surface area contributed by atoms with Crippen molar-refractivity contribution in [1.82, 2.24) is 19.4 Å². The Morgan fingerprint density at radius 2 is 1.83 bits per heavy atom. The number of aryl methyl sites for hydroxylation is 1. The first kappa shape index (κ1) is 20.2. The Labute approximate surface area is 172 Å². The average molecular weight is 400 g/mol. The number of aromatic nitrogens is 2. The van der Waals surface area contributed by atoms with Crippen molar-refractivity contribution in [3.05, 3.63) is 23.8 Å². The van der Waals surface area contributed by atoms with Gasteiger partial charge in [-0.3, -0.25) is 4.79 Å². The predicted molar refractivity (Wildman–Crippen MR) is 115 cm³/mol. The van der Waals surface area contributed by atoms with Crippen LogP contribution >= 0.6 is 0 Å². The summed E-state index contributed by atoms with van der Waals surface area (Å²) >= 11 is 0. The second-order valence-corrected chi connectivity index (χ2v) is 8.80. The largest absolute Gasteiger partial charge is 0.393 e. The number of piperidine rings is 1. The number of imidazole rings is 1. The van der Waals surface area contributed by atoms with E-state index in [1.807, 2.05) is 37.2 Å². The molecule has 1 aliphatic carbocycles. The topological polar surface area (TPSA) is 73.6 Å². The summed E-state index contributed by atoms with van der Waals surface area (Å²) in [5, 5.41) is 13.2. The number of nitrogens with zero attached hydrogens (tertiary/aromatic N) is 4. The van der Waals surface area contributed by atoms with E-state index in [2.05, 4.69) is 21.8 Å². The number of anilines is 1. The lowest BCUT2D eigenvalue weighted by atomic mass is 9.93. The first-order chi connectivity index (χ1) is 13.9. The summed E-state index contributed by atoms with van der Waals surface area (Å²) in [5.41, 5.74) is 2.56. The van der Waals surface area contributed by atoms with Gasteiger partial charge in [0.1, 0.15) is 0 Å². The molecule has 2 heterocycles. The second kappa shape index (κ2) is 8.32. The molecule has 1 aliphatic heterocycles. The minimum atomic E-state index is -0.163. The molecule has 2 N–H and O–H groups in total. The summed E-state index contributed by atoms with van der Waals surface area (Å²) in [6.45, 7) is 2.07. The SMILES string of the molecule is CN1CCC(N(C)C(=O)c2ccc3c(c2)nc(NC2CCC(O)CC2)n3C)CC1. The molecule has 0 atom stereocenters. The van der Waals surface area contributed by atoms with E-state index in [-0.39, 0.29) is 12.0 Å². The number of amides is 1. The van der Waals surface area contributed by atoms with Crippen molar-refractivity contribution in [2.24, 2.45) is 7.05 Å². The Hall–Kier alpha value is -2.12. The molecular weight excluding hydrogens is 366 g/mol. The number of fused-ring (bicyclic) bond motifs is 1. The molecule has 0 radical (unpaired) electrons. The lowest BCUT2D eigenvalue weighted by molar-refractivity contribution is 0.0659. The smallest absolute Gasteiger partial charge is 0.253 e. The number of hydrogen-bond acceptors (Lipinski definition) is 5. The summed E-state index contributed by atoms with van der Waals surface area (Å²) in [6, 6.07) is 6.47. The summed E-state index contributed by atoms with van der Waals surface area (Å²) in [4.78, 5) is 22.0. The molecule has 4 rings (SSSR count). The van der Waals surface area contributed by atoms with Crippen LogP contribution in [0.1, 0.15) is 48.9 Å². The normalized spacial score (nSPS) is 24.0. The highest BCUT2D eigenvalue weighted by Gasteiger charge is 2.25. The van der Waals surface area contributed by atoms with E-state index in [9.17, 15) is 9.90 Å². The van der Waals surface area contributed by atoms with Gasteiger partial charge >= 0.3 is 0 Å². The molecule has 158 valence electrons. The Balaban J connectivity index is 1.49. The summed E-state index contributed by atoms with van der Waals surface area (Å²) < 4.78 is 2.05. The number of carbonyl (C=O) groups is 1. The molecule has 2 fully saturated rings. The van der Waals surface area contributed by atoms with Crippen LogP contribution in [0.3, 0.4) is 0 Å². The number of carbonyl (C=O) groups excluding carboxylic acids is 1. The van der Waals surface area contributed by atoms with Gasteiger partial charge in [-0.1, -0.05) is 0 Å². The Morgan fingerprint density at radius 1 is 1.14 bits per heavy atom. The van der Waals surface area contributed by atoms with Gasteiger partial charge in [-0.2, -0.15) is 0 Å². The molecule has 7 nitrogen and oxygen atoms in total. The predicted octanol–water partition coefficient (Wildman–Crippen LogP) is 2.45. The molecule has 7 heteroatoms. The highest BCUT2D eigenvalue weighted by atomic mass is 16.3. The summed E-state index contributed by atoms with van der Waals surface area (Å²) in [6.07, 6.45) is 5.46. The quantitative estimate of drug-likeness (QED) is 0.826. The van der Waals surface area contributed by atoms with Crippen LogP contribution in [-0.2, 0) is 7.05 Å². The van der Waals surface area contributed by atoms with E-state index >= 15 is 0 Å². The highest BCUT2D eigenvalue weighted by Crippen LogP contribution is 2.25. The molecule has 1 saturated carbocycles. The van der Waals surface area contributed by atoms with Gasteiger partial charge in [0.2, 0.25) is 5.95 Å². The number of nitrogens with one attached hydrogen (secondary N) is 1. The molecule has 1 aromatic heterocycles. The van der Waals surface area contributed by atoms with E-state index in [1.165, 1.54) is 0 Å². The molecule has 1 saturated heterocycles. The number of aliphatic hydroxyl groups is 1. The number of benzene rings is 1. The fraction of sp³-hybridized carbons (Fsp3) is 0.636. The lowest BCUT2D eigenvalue weighted by Crippen LogP contribution is -2.44. The highest BCUT2D eigenvalue weighted by molar-refractivity contribution is 5.97. The van der Waals surface area contributed by atoms with Gasteiger partial charge in [0.25, 0.3) is 5.91 Å². The van der Waals surface area contributed by atoms with E-state index in [0.29, 0.717) is 17.6 Å². The monoisotopic (exact) mass is 399 g/mol. The molecule has 0 unspecified atom stereocenters. The van der Waals surface area contributed by atoms with Crippen molar-refractivity contribution in [3.63, 3.8) is 0 Å². The zero-order valence-electron chi connectivity index (χ0n) is 17.8. The Bertz CT molecular complexity index is 863. The van der Waals surface area contributed by atoms with Crippen LogP contribution in [0.25, 0.3) is 11.0 Å². The maximum Gasteiger partial charge on any atom is 0.253 e. The van der Waals surface area contributed by atoms with Crippen LogP contribution in [-0.4, -0.2) is 75.7 Å². The maximum atomic E-state index is 13.0. The van der Waals surface area contributed by atoms with Crippen LogP contribution in [0.5, 0.6) is 0 Å². The van der Waals surface area contributed by atoms with Gasteiger partial charge in [-0.15, -0.1) is 0 Å². The molecular formula is C22H33N5O2. The molecule has 29 heavy (non-hydrogen) atoms. The number of hydrogen-bond donors (Lipinski definition) is 2. The second-order valence-electron chi connectivity index (χ2n) is 8.80. The molecule has 2 aromatic rings. The molecule has 1 aromatic carbocycles. The van der Waals surface area contributed by atoms with Crippen LogP contribution in [0.15, 0.2) is 18.2 Å². The van der Waals surface area contributed by atoms with Crippen LogP contribution in [0.4, 0.5) is 5.95 Å². The first-order valence-corrected chi connectivity index (χ1v) is 10.8. The van der Waals surface area contributed by atoms with Crippen molar-refractivity contribution in [2.75, 3.05) is 32.5 Å². The van der Waals surface area contributed by atoms with Gasteiger partial charge in [-0.25, -0.2) is 4.98 Å². The van der Waals surface area contributed by atoms with Crippen LogP contribution < -0.4 is 5.32 Å². The first-order valence-electron chi connectivity index (χ1n) is 10.8. The van der Waals surface area contributed by atoms with Crippen molar-refractivity contribution in [1.29, 1.82) is 0 Å². The van der Waals surface area contributed by atoms with Crippen LogP contribution in [0.2, 0.25) is 0 Å². The third-order valence-corrected chi connectivity index (χ3v) is 6.71. The molecule has 1 amide bonds. The van der Waals surface area contributed by atoms with Gasteiger partial charge in [0.15, 0.2) is 0 Å². The van der Waals surface area contributed by atoms with Crippen molar-refractivity contribution in [2.45, 2.75) is 56.7 Å². The lowest BCUT2D eigenvalue weighted by Gasteiger charge is -2.35. The fourth-order valence-electron chi connectivity index (χ4n) is 4.62. The molecule has 0 spiro atoms. The third kappa shape index (κ3) is 4.26. The maximum absolute atomic E-state index is 13.0. The van der Waals surface area contributed by atoms with Crippen molar-refractivity contribution < 1.29 is 9.90 Å². The Kier molecular flexibility index (Phi) is 5.79.